The lowest BCUT2D eigenvalue weighted by molar-refractivity contribution is -0.143. The number of hydrogen-bond donors (Lipinski definition) is 1. The van der Waals surface area contributed by atoms with Crippen molar-refractivity contribution < 1.29 is 28.6 Å². The summed E-state index contributed by atoms with van der Waals surface area (Å²) in [6, 6.07) is 15.1. The monoisotopic (exact) mass is 426 g/mol. The van der Waals surface area contributed by atoms with Crippen molar-refractivity contribution in [1.29, 1.82) is 0 Å². The number of methoxy groups -OCH3 is 1. The third kappa shape index (κ3) is 6.74. The maximum Gasteiger partial charge on any atom is 0.415 e. The highest BCUT2D eigenvalue weighted by Gasteiger charge is 2.23. The molecule has 0 aliphatic carbocycles. The normalized spacial score (nSPS) is 13.9. The summed E-state index contributed by atoms with van der Waals surface area (Å²) in [4.78, 5) is 38.0. The highest BCUT2D eigenvalue weighted by atomic mass is 16.6. The van der Waals surface area contributed by atoms with Gasteiger partial charge in [0.1, 0.15) is 18.4 Å². The summed E-state index contributed by atoms with van der Waals surface area (Å²) in [6.07, 6.45) is 1.11. The van der Waals surface area contributed by atoms with Crippen LogP contribution < -0.4 is 10.1 Å². The van der Waals surface area contributed by atoms with E-state index in [1.807, 2.05) is 30.3 Å². The number of hydrogen-bond acceptors (Lipinski definition) is 6. The van der Waals surface area contributed by atoms with Gasteiger partial charge in [0.05, 0.1) is 7.11 Å². The van der Waals surface area contributed by atoms with Crippen LogP contribution in [0, 0.1) is 0 Å². The second kappa shape index (κ2) is 11.0. The smallest absolute Gasteiger partial charge is 0.415 e. The number of ether oxygens (including phenoxy) is 3. The second-order valence-corrected chi connectivity index (χ2v) is 7.19. The molecule has 1 heterocycles. The third-order valence-corrected chi connectivity index (χ3v) is 4.92. The van der Waals surface area contributed by atoms with Crippen molar-refractivity contribution in [2.75, 3.05) is 20.2 Å². The van der Waals surface area contributed by atoms with Crippen molar-refractivity contribution in [2.24, 2.45) is 0 Å². The van der Waals surface area contributed by atoms with Crippen LogP contribution in [0.3, 0.4) is 0 Å². The highest BCUT2D eigenvalue weighted by molar-refractivity contribution is 5.81. The summed E-state index contributed by atoms with van der Waals surface area (Å²) < 4.78 is 15.4. The van der Waals surface area contributed by atoms with Crippen molar-refractivity contribution >= 4 is 18.2 Å². The van der Waals surface area contributed by atoms with Gasteiger partial charge in [0.15, 0.2) is 0 Å². The predicted molar refractivity (Wildman–Crippen MR) is 113 cm³/mol. The van der Waals surface area contributed by atoms with E-state index in [1.165, 1.54) is 7.11 Å². The van der Waals surface area contributed by atoms with Gasteiger partial charge in [0.2, 0.25) is 0 Å². The Hall–Kier alpha value is -3.55. The summed E-state index contributed by atoms with van der Waals surface area (Å²) >= 11 is 0. The Morgan fingerprint density at radius 2 is 1.65 bits per heavy atom. The minimum Gasteiger partial charge on any atom is -0.467 e. The van der Waals surface area contributed by atoms with Crippen LogP contribution in [0.4, 0.5) is 9.59 Å². The van der Waals surface area contributed by atoms with Gasteiger partial charge in [-0.15, -0.1) is 0 Å². The van der Waals surface area contributed by atoms with Crippen LogP contribution in [0.5, 0.6) is 5.75 Å². The van der Waals surface area contributed by atoms with Gasteiger partial charge in [0, 0.05) is 19.5 Å². The van der Waals surface area contributed by atoms with Gasteiger partial charge in [-0.05, 0) is 36.1 Å². The zero-order chi connectivity index (χ0) is 22.1. The first-order valence-electron chi connectivity index (χ1n) is 10.2. The molecule has 2 amide bonds. The summed E-state index contributed by atoms with van der Waals surface area (Å²) in [5, 5.41) is 2.54. The number of amides is 2. The van der Waals surface area contributed by atoms with Gasteiger partial charge in [-0.1, -0.05) is 42.5 Å². The van der Waals surface area contributed by atoms with Crippen molar-refractivity contribution in [3.05, 3.63) is 65.7 Å². The van der Waals surface area contributed by atoms with Crippen molar-refractivity contribution in [3.8, 4) is 5.75 Å². The molecule has 0 unspecified atom stereocenters. The van der Waals surface area contributed by atoms with Gasteiger partial charge in [-0.25, -0.2) is 14.4 Å². The van der Waals surface area contributed by atoms with E-state index in [9.17, 15) is 14.4 Å². The molecule has 164 valence electrons. The van der Waals surface area contributed by atoms with E-state index in [4.69, 9.17) is 14.2 Å². The zero-order valence-electron chi connectivity index (χ0n) is 17.4. The third-order valence-electron chi connectivity index (χ3n) is 4.92. The molecule has 2 aromatic carbocycles. The van der Waals surface area contributed by atoms with E-state index in [0.717, 1.165) is 24.0 Å². The molecular weight excluding hydrogens is 400 g/mol. The number of alkyl carbamates (subject to hydrolysis) is 1. The maximum absolute atomic E-state index is 12.1. The van der Waals surface area contributed by atoms with Gasteiger partial charge in [-0.2, -0.15) is 0 Å². The summed E-state index contributed by atoms with van der Waals surface area (Å²) in [7, 11) is 1.26. The van der Waals surface area contributed by atoms with E-state index in [0.29, 0.717) is 18.8 Å². The molecular formula is C23H26N2O6. The molecule has 1 aliphatic heterocycles. The first-order valence-corrected chi connectivity index (χ1v) is 10.2. The van der Waals surface area contributed by atoms with Crippen LogP contribution in [-0.2, 0) is 27.3 Å². The lowest BCUT2D eigenvalue weighted by Crippen LogP contribution is -2.43. The topological polar surface area (TPSA) is 94.2 Å². The van der Waals surface area contributed by atoms with E-state index in [2.05, 4.69) is 5.32 Å². The number of carbonyl (C=O) groups excluding carboxylic acids is 3. The standard InChI is InChI=1S/C23H26N2O6/c1-29-21(26)20(24-22(27)30-16-18-7-3-2-4-8-18)15-17-9-11-19(12-10-17)31-23(28)25-13-5-6-14-25/h2-4,7-12,20H,5-6,13-16H2,1H3,(H,24,27)/t20-/m0/s1. The van der Waals surface area contributed by atoms with E-state index in [-0.39, 0.29) is 19.1 Å². The number of likely N-dealkylation sites (tertiary alicyclic amines) is 1. The van der Waals surface area contributed by atoms with Gasteiger partial charge in [-0.3, -0.25) is 0 Å². The number of carbonyl (C=O) groups is 3. The number of benzene rings is 2. The van der Waals surface area contributed by atoms with Crippen molar-refractivity contribution in [2.45, 2.75) is 31.9 Å². The first kappa shape index (κ1) is 22.1. The zero-order valence-corrected chi connectivity index (χ0v) is 17.4. The number of nitrogens with one attached hydrogen (secondary N) is 1. The lowest BCUT2D eigenvalue weighted by atomic mass is 10.1. The van der Waals surface area contributed by atoms with Crippen molar-refractivity contribution in [1.82, 2.24) is 10.2 Å². The Morgan fingerprint density at radius 3 is 2.29 bits per heavy atom. The average molecular weight is 426 g/mol. The molecule has 0 bridgehead atoms. The Labute approximate surface area is 181 Å². The van der Waals surface area contributed by atoms with E-state index in [1.54, 1.807) is 29.2 Å². The molecule has 1 N–H and O–H groups in total. The van der Waals surface area contributed by atoms with Crippen LogP contribution in [-0.4, -0.2) is 49.3 Å². The molecule has 0 radical (unpaired) electrons. The lowest BCUT2D eigenvalue weighted by Gasteiger charge is -2.17. The minimum absolute atomic E-state index is 0.0949. The van der Waals surface area contributed by atoms with Crippen LogP contribution in [0.15, 0.2) is 54.6 Å². The number of rotatable bonds is 7. The number of esters is 1. The minimum atomic E-state index is -0.911. The second-order valence-electron chi connectivity index (χ2n) is 7.19. The fraction of sp³-hybridized carbons (Fsp3) is 0.348. The molecule has 1 fully saturated rings. The van der Waals surface area contributed by atoms with Gasteiger partial charge in [0.25, 0.3) is 0 Å². The highest BCUT2D eigenvalue weighted by Crippen LogP contribution is 2.17. The molecule has 1 aliphatic rings. The Balaban J connectivity index is 1.54. The largest absolute Gasteiger partial charge is 0.467 e. The fourth-order valence-electron chi connectivity index (χ4n) is 3.24. The van der Waals surface area contributed by atoms with Crippen LogP contribution >= 0.6 is 0 Å². The Kier molecular flexibility index (Phi) is 7.86. The summed E-state index contributed by atoms with van der Waals surface area (Å²) in [5.41, 5.74) is 1.60. The molecule has 2 aromatic rings. The first-order chi connectivity index (χ1) is 15.0. The van der Waals surface area contributed by atoms with Crippen LogP contribution in [0.25, 0.3) is 0 Å². The summed E-state index contributed by atoms with van der Waals surface area (Å²) in [6.45, 7) is 1.52. The Bertz CT molecular complexity index is 879. The molecule has 31 heavy (non-hydrogen) atoms. The molecule has 1 atom stereocenters. The van der Waals surface area contributed by atoms with Crippen LogP contribution in [0.2, 0.25) is 0 Å². The molecule has 1 saturated heterocycles. The number of nitrogens with zero attached hydrogens (tertiary/aromatic N) is 1. The molecule has 0 saturated carbocycles. The fourth-order valence-corrected chi connectivity index (χ4v) is 3.24. The molecule has 3 rings (SSSR count). The van der Waals surface area contributed by atoms with Gasteiger partial charge < -0.3 is 24.4 Å². The molecule has 0 spiro atoms. The average Bonchev–Trinajstić information content (AvgIpc) is 3.34. The van der Waals surface area contributed by atoms with Crippen LogP contribution in [0.1, 0.15) is 24.0 Å². The SMILES string of the molecule is COC(=O)[C@H](Cc1ccc(OC(=O)N2CCCC2)cc1)NC(=O)OCc1ccccc1. The van der Waals surface area contributed by atoms with Gasteiger partial charge >= 0.3 is 18.2 Å². The quantitative estimate of drug-likeness (QED) is 0.683. The molecule has 8 heteroatoms. The van der Waals surface area contributed by atoms with E-state index < -0.39 is 18.1 Å². The maximum atomic E-state index is 12.1. The van der Waals surface area contributed by atoms with E-state index >= 15 is 0 Å². The predicted octanol–water partition coefficient (Wildman–Crippen LogP) is 3.29. The summed E-state index contributed by atoms with van der Waals surface area (Å²) in [5.74, 6) is -0.160. The Morgan fingerprint density at radius 1 is 0.968 bits per heavy atom. The molecule has 8 nitrogen and oxygen atoms in total. The van der Waals surface area contributed by atoms with Crippen molar-refractivity contribution in [3.63, 3.8) is 0 Å². The molecule has 0 aromatic heterocycles.